The smallest absolute Gasteiger partial charge is 0.354 e. The van der Waals surface area contributed by atoms with Crippen LogP contribution in [-0.4, -0.2) is 36.4 Å². The highest BCUT2D eigenvalue weighted by Crippen LogP contribution is 2.37. The Morgan fingerprint density at radius 2 is 1.12 bits per heavy atom. The van der Waals surface area contributed by atoms with E-state index in [4.69, 9.17) is 17.3 Å². The Morgan fingerprint density at radius 3 is 1.64 bits per heavy atom. The molecule has 298 valence electrons. The molecular formula is C41H31Cl2F7N8. The van der Waals surface area contributed by atoms with Crippen molar-refractivity contribution in [3.8, 4) is 44.8 Å². The third-order valence-corrected chi connectivity index (χ3v) is 8.68. The van der Waals surface area contributed by atoms with Gasteiger partial charge in [-0.25, -0.2) is 24.3 Å². The van der Waals surface area contributed by atoms with E-state index >= 15 is 0 Å². The van der Waals surface area contributed by atoms with Crippen molar-refractivity contribution >= 4 is 30.0 Å². The van der Waals surface area contributed by atoms with Gasteiger partial charge in [-0.15, -0.1) is 12.4 Å². The van der Waals surface area contributed by atoms with Crippen LogP contribution in [0.3, 0.4) is 0 Å². The lowest BCUT2D eigenvalue weighted by atomic mass is 9.99. The minimum Gasteiger partial charge on any atom is -0.354 e. The van der Waals surface area contributed by atoms with E-state index in [2.05, 4.69) is 35.2 Å². The van der Waals surface area contributed by atoms with E-state index in [0.29, 0.717) is 63.3 Å². The average molecular weight is 840 g/mol. The zero-order valence-electron chi connectivity index (χ0n) is 29.9. The van der Waals surface area contributed by atoms with Crippen LogP contribution in [-0.2, 0) is 12.4 Å². The SMILES string of the molecule is Cl.FC(F)(F)c1cccc(-c2cnc(Cl)nc2-c2ccncc2)c1.NC(CCNc1ncc(-c2cccc(C(F)(F)F)c2)c(-c2ccncc2)n1)c1ccccc1F. The first-order valence-corrected chi connectivity index (χ1v) is 17.4. The highest BCUT2D eigenvalue weighted by molar-refractivity contribution is 6.28. The number of hydrogen-bond acceptors (Lipinski definition) is 8. The average Bonchev–Trinajstić information content (AvgIpc) is 3.21. The minimum atomic E-state index is -4.47. The van der Waals surface area contributed by atoms with Gasteiger partial charge in [-0.1, -0.05) is 42.5 Å². The molecule has 0 radical (unpaired) electrons. The number of benzene rings is 3. The van der Waals surface area contributed by atoms with E-state index in [1.54, 1.807) is 79.4 Å². The zero-order chi connectivity index (χ0) is 40.6. The lowest BCUT2D eigenvalue weighted by Crippen LogP contribution is -2.17. The van der Waals surface area contributed by atoms with E-state index in [1.165, 1.54) is 30.6 Å². The van der Waals surface area contributed by atoms with Crippen LogP contribution in [0, 0.1) is 5.82 Å². The van der Waals surface area contributed by atoms with Crippen LogP contribution < -0.4 is 11.1 Å². The number of hydrogen-bond donors (Lipinski definition) is 2. The van der Waals surface area contributed by atoms with Gasteiger partial charge < -0.3 is 11.1 Å². The van der Waals surface area contributed by atoms with Crippen molar-refractivity contribution in [3.05, 3.63) is 162 Å². The first-order chi connectivity index (χ1) is 27.3. The molecule has 0 saturated heterocycles. The number of rotatable bonds is 9. The maximum Gasteiger partial charge on any atom is 0.416 e. The minimum absolute atomic E-state index is 0. The van der Waals surface area contributed by atoms with Crippen molar-refractivity contribution < 1.29 is 30.7 Å². The Labute approximate surface area is 338 Å². The van der Waals surface area contributed by atoms with E-state index in [0.717, 1.165) is 24.3 Å². The Kier molecular flexibility index (Phi) is 14.1. The molecule has 7 aromatic rings. The van der Waals surface area contributed by atoms with Gasteiger partial charge in [0.05, 0.1) is 22.5 Å². The second-order valence-corrected chi connectivity index (χ2v) is 12.7. The van der Waals surface area contributed by atoms with Crippen LogP contribution in [0.1, 0.15) is 29.2 Å². The molecule has 0 bridgehead atoms. The van der Waals surface area contributed by atoms with Gasteiger partial charge in [0, 0.05) is 77.6 Å². The van der Waals surface area contributed by atoms with Crippen molar-refractivity contribution in [2.75, 3.05) is 11.9 Å². The summed E-state index contributed by atoms with van der Waals surface area (Å²) in [5, 5.41) is 3.09. The number of nitrogens with zero attached hydrogens (tertiary/aromatic N) is 6. The van der Waals surface area contributed by atoms with Crippen molar-refractivity contribution in [1.82, 2.24) is 29.9 Å². The highest BCUT2D eigenvalue weighted by atomic mass is 35.5. The van der Waals surface area contributed by atoms with Crippen molar-refractivity contribution in [2.45, 2.75) is 24.8 Å². The molecule has 0 amide bonds. The van der Waals surface area contributed by atoms with Gasteiger partial charge in [-0.05, 0) is 83.7 Å². The molecule has 8 nitrogen and oxygen atoms in total. The molecule has 3 aromatic carbocycles. The normalized spacial score (nSPS) is 11.8. The zero-order valence-corrected chi connectivity index (χ0v) is 31.5. The molecule has 3 N–H and O–H groups in total. The highest BCUT2D eigenvalue weighted by Gasteiger charge is 2.31. The lowest BCUT2D eigenvalue weighted by Gasteiger charge is -2.15. The lowest BCUT2D eigenvalue weighted by molar-refractivity contribution is -0.138. The fraction of sp³-hybridized carbons (Fsp3) is 0.122. The first-order valence-electron chi connectivity index (χ1n) is 17.1. The summed E-state index contributed by atoms with van der Waals surface area (Å²) in [6.45, 7) is 0.369. The standard InChI is InChI=1S/C25H21F4N5.C16H9ClF3N3.ClH/c26-21-7-2-1-6-19(21)22(30)10-13-32-24-33-15-20(23(34-24)16-8-11-31-12-9-16)17-4-3-5-18(14-17)25(27,28)29;17-15-22-9-13(14(23-15)10-4-6-21-7-5-10)11-2-1-3-12(8-11)16(18,19)20;/h1-9,11-12,14-15,22H,10,13,30H2,(H,32,33,34);1-9H;1H. The summed E-state index contributed by atoms with van der Waals surface area (Å²) in [5.74, 6) is -0.0834. The number of nitrogens with one attached hydrogen (secondary N) is 1. The molecule has 1 unspecified atom stereocenters. The summed E-state index contributed by atoms with van der Waals surface area (Å²) in [4.78, 5) is 24.8. The second-order valence-electron chi connectivity index (χ2n) is 12.3. The van der Waals surface area contributed by atoms with Gasteiger partial charge in [0.1, 0.15) is 5.82 Å². The van der Waals surface area contributed by atoms with Gasteiger partial charge in [0.15, 0.2) is 0 Å². The van der Waals surface area contributed by atoms with Crippen LogP contribution in [0.15, 0.2) is 134 Å². The van der Waals surface area contributed by atoms with E-state index in [1.807, 2.05) is 0 Å². The summed E-state index contributed by atoms with van der Waals surface area (Å²) in [5.41, 5.74) is 8.94. The summed E-state index contributed by atoms with van der Waals surface area (Å²) in [7, 11) is 0. The molecule has 1 atom stereocenters. The summed E-state index contributed by atoms with van der Waals surface area (Å²) in [6.07, 6.45) is 0.735. The quantitative estimate of drug-likeness (QED) is 0.109. The van der Waals surface area contributed by atoms with Gasteiger partial charge in [0.25, 0.3) is 0 Å². The van der Waals surface area contributed by atoms with Gasteiger partial charge in [-0.3, -0.25) is 9.97 Å². The summed E-state index contributed by atoms with van der Waals surface area (Å²) in [6, 6.07) is 22.7. The Bertz CT molecular complexity index is 2440. The van der Waals surface area contributed by atoms with Gasteiger partial charge >= 0.3 is 12.4 Å². The molecule has 0 aliphatic carbocycles. The van der Waals surface area contributed by atoms with Crippen molar-refractivity contribution in [2.24, 2.45) is 5.73 Å². The molecule has 4 aromatic heterocycles. The maximum atomic E-state index is 13.9. The molecular weight excluding hydrogens is 808 g/mol. The number of halogens is 9. The number of nitrogens with two attached hydrogens (primary N) is 1. The number of anilines is 1. The Hall–Kier alpha value is -6.03. The molecule has 0 saturated carbocycles. The monoisotopic (exact) mass is 838 g/mol. The van der Waals surface area contributed by atoms with E-state index in [-0.39, 0.29) is 29.5 Å². The molecule has 0 spiro atoms. The topological polar surface area (TPSA) is 115 Å². The van der Waals surface area contributed by atoms with E-state index in [9.17, 15) is 30.7 Å². The first kappa shape index (κ1) is 43.1. The summed E-state index contributed by atoms with van der Waals surface area (Å²) >= 11 is 5.84. The van der Waals surface area contributed by atoms with Crippen LogP contribution in [0.4, 0.5) is 36.7 Å². The Balaban J connectivity index is 0.000000233. The van der Waals surface area contributed by atoms with Crippen LogP contribution >= 0.6 is 24.0 Å². The third kappa shape index (κ3) is 10.9. The fourth-order valence-electron chi connectivity index (χ4n) is 5.71. The third-order valence-electron chi connectivity index (χ3n) is 8.50. The number of alkyl halides is 6. The molecule has 0 aliphatic heterocycles. The van der Waals surface area contributed by atoms with Gasteiger partial charge in [-0.2, -0.15) is 26.3 Å². The van der Waals surface area contributed by atoms with Crippen molar-refractivity contribution in [3.63, 3.8) is 0 Å². The number of pyridine rings is 2. The molecule has 7 rings (SSSR count). The molecule has 58 heavy (non-hydrogen) atoms. The van der Waals surface area contributed by atoms with E-state index < -0.39 is 29.5 Å². The molecule has 0 fully saturated rings. The second kappa shape index (κ2) is 18.9. The number of aromatic nitrogens is 6. The predicted molar refractivity (Wildman–Crippen MR) is 210 cm³/mol. The molecule has 17 heteroatoms. The fourth-order valence-corrected chi connectivity index (χ4v) is 5.84. The van der Waals surface area contributed by atoms with Crippen molar-refractivity contribution in [1.29, 1.82) is 0 Å². The van der Waals surface area contributed by atoms with Crippen LogP contribution in [0.5, 0.6) is 0 Å². The van der Waals surface area contributed by atoms with Gasteiger partial charge in [0.2, 0.25) is 11.2 Å². The van der Waals surface area contributed by atoms with Crippen LogP contribution in [0.25, 0.3) is 44.8 Å². The predicted octanol–water partition coefficient (Wildman–Crippen LogP) is 11.2. The largest absolute Gasteiger partial charge is 0.416 e. The molecule has 4 heterocycles. The van der Waals surface area contributed by atoms with Crippen LogP contribution in [0.2, 0.25) is 5.28 Å². The molecule has 0 aliphatic rings. The summed E-state index contributed by atoms with van der Waals surface area (Å²) < 4.78 is 92.4. The Morgan fingerprint density at radius 1 is 0.621 bits per heavy atom. The maximum absolute atomic E-state index is 13.9.